The Morgan fingerprint density at radius 3 is 2.53 bits per heavy atom. The molecule has 2 amide bonds. The molecule has 0 spiro atoms. The quantitative estimate of drug-likeness (QED) is 0.899. The van der Waals surface area contributed by atoms with Gasteiger partial charge in [-0.15, -0.1) is 0 Å². The fourth-order valence-electron chi connectivity index (χ4n) is 2.38. The molecular weight excluding hydrogens is 247 g/mol. The maximum Gasteiger partial charge on any atom is 0.243 e. The molecule has 5 heteroatoms. The van der Waals surface area contributed by atoms with Crippen molar-refractivity contribution in [2.45, 2.75) is 37.8 Å². The first-order valence-corrected chi connectivity index (χ1v) is 6.53. The standard InChI is InChI=1S/C14H15FN2O2/c15-9-1-5-11(6-2-9)17-12(7-8-13(17)18)14(19)16-10-3-4-10/h1-2,5-6,10,12H,3-4,7-8H2,(H,16,19). The summed E-state index contributed by atoms with van der Waals surface area (Å²) in [6.07, 6.45) is 2.92. The van der Waals surface area contributed by atoms with Crippen molar-refractivity contribution in [3.63, 3.8) is 0 Å². The SMILES string of the molecule is O=C(NC1CC1)C1CCC(=O)N1c1ccc(F)cc1. The monoisotopic (exact) mass is 262 g/mol. The molecule has 0 aromatic heterocycles. The molecule has 19 heavy (non-hydrogen) atoms. The van der Waals surface area contributed by atoms with Crippen molar-refractivity contribution in [2.24, 2.45) is 0 Å². The van der Waals surface area contributed by atoms with Gasteiger partial charge in [0.15, 0.2) is 0 Å². The lowest BCUT2D eigenvalue weighted by atomic mass is 10.2. The van der Waals surface area contributed by atoms with Gasteiger partial charge >= 0.3 is 0 Å². The van der Waals surface area contributed by atoms with Gasteiger partial charge in [0.25, 0.3) is 0 Å². The molecule has 4 nitrogen and oxygen atoms in total. The first-order chi connectivity index (χ1) is 9.15. The van der Waals surface area contributed by atoms with Crippen molar-refractivity contribution in [1.82, 2.24) is 5.32 Å². The van der Waals surface area contributed by atoms with Crippen LogP contribution in [0.3, 0.4) is 0 Å². The van der Waals surface area contributed by atoms with Gasteiger partial charge in [-0.1, -0.05) is 0 Å². The number of amides is 2. The molecule has 1 heterocycles. The smallest absolute Gasteiger partial charge is 0.243 e. The highest BCUT2D eigenvalue weighted by Crippen LogP contribution is 2.28. The van der Waals surface area contributed by atoms with Crippen LogP contribution in [0, 0.1) is 5.82 Å². The molecule has 100 valence electrons. The van der Waals surface area contributed by atoms with E-state index in [1.54, 1.807) is 0 Å². The Balaban J connectivity index is 1.81. The number of nitrogens with zero attached hydrogens (tertiary/aromatic N) is 1. The molecule has 1 aromatic rings. The van der Waals surface area contributed by atoms with Crippen LogP contribution < -0.4 is 10.2 Å². The van der Waals surface area contributed by atoms with Crippen LogP contribution in [0.25, 0.3) is 0 Å². The molecule has 1 aliphatic carbocycles. The Morgan fingerprint density at radius 1 is 1.21 bits per heavy atom. The third-order valence-electron chi connectivity index (χ3n) is 3.54. The van der Waals surface area contributed by atoms with Gasteiger partial charge in [-0.05, 0) is 43.5 Å². The molecule has 1 N–H and O–H groups in total. The highest BCUT2D eigenvalue weighted by atomic mass is 19.1. The lowest BCUT2D eigenvalue weighted by molar-refractivity contribution is -0.124. The van der Waals surface area contributed by atoms with Gasteiger partial charge in [-0.25, -0.2) is 4.39 Å². The van der Waals surface area contributed by atoms with Gasteiger partial charge in [-0.2, -0.15) is 0 Å². The number of hydrogen-bond donors (Lipinski definition) is 1. The van der Waals surface area contributed by atoms with Crippen LogP contribution in [0.5, 0.6) is 0 Å². The number of anilines is 1. The molecule has 1 aromatic carbocycles. The summed E-state index contributed by atoms with van der Waals surface area (Å²) >= 11 is 0. The van der Waals surface area contributed by atoms with Crippen LogP contribution in [0.4, 0.5) is 10.1 Å². The van der Waals surface area contributed by atoms with Gasteiger partial charge in [0.1, 0.15) is 11.9 Å². The van der Waals surface area contributed by atoms with E-state index in [0.29, 0.717) is 18.5 Å². The van der Waals surface area contributed by atoms with E-state index in [9.17, 15) is 14.0 Å². The van der Waals surface area contributed by atoms with Crippen LogP contribution in [0.1, 0.15) is 25.7 Å². The van der Waals surface area contributed by atoms with Crippen molar-refractivity contribution in [2.75, 3.05) is 4.90 Å². The molecule has 2 fully saturated rings. The minimum Gasteiger partial charge on any atom is -0.352 e. The average molecular weight is 262 g/mol. The fraction of sp³-hybridized carbons (Fsp3) is 0.429. The summed E-state index contributed by atoms with van der Waals surface area (Å²) in [7, 11) is 0. The summed E-state index contributed by atoms with van der Waals surface area (Å²) < 4.78 is 12.9. The van der Waals surface area contributed by atoms with E-state index in [1.165, 1.54) is 29.2 Å². The molecule has 2 aliphatic rings. The average Bonchev–Trinajstić information content (AvgIpc) is 3.11. The van der Waals surface area contributed by atoms with E-state index < -0.39 is 6.04 Å². The molecule has 3 rings (SSSR count). The normalized spacial score (nSPS) is 22.7. The first-order valence-electron chi connectivity index (χ1n) is 6.53. The van der Waals surface area contributed by atoms with Gasteiger partial charge in [-0.3, -0.25) is 14.5 Å². The number of carbonyl (C=O) groups is 2. The third kappa shape index (κ3) is 2.45. The Bertz CT molecular complexity index is 511. The van der Waals surface area contributed by atoms with Crippen molar-refractivity contribution in [3.05, 3.63) is 30.1 Å². The Morgan fingerprint density at radius 2 is 1.89 bits per heavy atom. The fourth-order valence-corrected chi connectivity index (χ4v) is 2.38. The second-order valence-electron chi connectivity index (χ2n) is 5.08. The van der Waals surface area contributed by atoms with Gasteiger partial charge < -0.3 is 5.32 Å². The number of hydrogen-bond acceptors (Lipinski definition) is 2. The van der Waals surface area contributed by atoms with Crippen molar-refractivity contribution >= 4 is 17.5 Å². The lowest BCUT2D eigenvalue weighted by Crippen LogP contribution is -2.45. The Kier molecular flexibility index (Phi) is 2.97. The molecule has 0 radical (unpaired) electrons. The Hall–Kier alpha value is -1.91. The summed E-state index contributed by atoms with van der Waals surface area (Å²) in [5, 5.41) is 2.92. The second-order valence-corrected chi connectivity index (χ2v) is 5.08. The minimum absolute atomic E-state index is 0.0810. The topological polar surface area (TPSA) is 49.4 Å². The predicted octanol–water partition coefficient (Wildman–Crippen LogP) is 1.60. The van der Waals surface area contributed by atoms with Crippen LogP contribution in [-0.2, 0) is 9.59 Å². The number of benzene rings is 1. The van der Waals surface area contributed by atoms with Gasteiger partial charge in [0.2, 0.25) is 11.8 Å². The molecule has 1 aliphatic heterocycles. The zero-order valence-electron chi connectivity index (χ0n) is 10.4. The summed E-state index contributed by atoms with van der Waals surface area (Å²) in [5.41, 5.74) is 0.583. The maximum atomic E-state index is 12.9. The van der Waals surface area contributed by atoms with E-state index in [2.05, 4.69) is 5.32 Å². The highest BCUT2D eigenvalue weighted by Gasteiger charge is 2.38. The summed E-state index contributed by atoms with van der Waals surface area (Å²) in [5.74, 6) is -0.533. The van der Waals surface area contributed by atoms with E-state index in [-0.39, 0.29) is 23.7 Å². The number of carbonyl (C=O) groups excluding carboxylic acids is 2. The zero-order chi connectivity index (χ0) is 13.4. The third-order valence-corrected chi connectivity index (χ3v) is 3.54. The van der Waals surface area contributed by atoms with Crippen molar-refractivity contribution in [1.29, 1.82) is 0 Å². The number of halogens is 1. The first kappa shape index (κ1) is 12.1. The van der Waals surface area contributed by atoms with E-state index >= 15 is 0 Å². The lowest BCUT2D eigenvalue weighted by Gasteiger charge is -2.24. The molecule has 1 saturated carbocycles. The van der Waals surface area contributed by atoms with Crippen LogP contribution in [0.2, 0.25) is 0 Å². The molecule has 0 bridgehead atoms. The maximum absolute atomic E-state index is 12.9. The predicted molar refractivity (Wildman–Crippen MR) is 68.1 cm³/mol. The Labute approximate surface area is 110 Å². The molecule has 1 saturated heterocycles. The van der Waals surface area contributed by atoms with Crippen molar-refractivity contribution in [3.8, 4) is 0 Å². The van der Waals surface area contributed by atoms with Gasteiger partial charge in [0, 0.05) is 18.2 Å². The minimum atomic E-state index is -0.460. The van der Waals surface area contributed by atoms with E-state index in [0.717, 1.165) is 12.8 Å². The largest absolute Gasteiger partial charge is 0.352 e. The highest BCUT2D eigenvalue weighted by molar-refractivity contribution is 6.03. The van der Waals surface area contributed by atoms with Gasteiger partial charge in [0.05, 0.1) is 0 Å². The van der Waals surface area contributed by atoms with Crippen LogP contribution >= 0.6 is 0 Å². The van der Waals surface area contributed by atoms with Crippen molar-refractivity contribution < 1.29 is 14.0 Å². The summed E-state index contributed by atoms with van der Waals surface area (Å²) in [6.45, 7) is 0. The van der Waals surface area contributed by atoms with Crippen LogP contribution in [-0.4, -0.2) is 23.9 Å². The summed E-state index contributed by atoms with van der Waals surface area (Å²) in [4.78, 5) is 25.5. The number of rotatable bonds is 3. The second kappa shape index (κ2) is 4.64. The molecular formula is C14H15FN2O2. The molecule has 1 unspecified atom stereocenters. The van der Waals surface area contributed by atoms with E-state index in [1.807, 2.05) is 0 Å². The zero-order valence-corrected chi connectivity index (χ0v) is 10.4. The number of nitrogens with one attached hydrogen (secondary N) is 1. The molecule has 1 atom stereocenters. The van der Waals surface area contributed by atoms with Crippen LogP contribution in [0.15, 0.2) is 24.3 Å². The van der Waals surface area contributed by atoms with E-state index in [4.69, 9.17) is 0 Å². The summed E-state index contributed by atoms with van der Waals surface area (Å²) in [6, 6.07) is 5.50.